The third kappa shape index (κ3) is 4.06. The highest BCUT2D eigenvalue weighted by Crippen LogP contribution is 2.22. The van der Waals surface area contributed by atoms with Crippen LogP contribution in [0.3, 0.4) is 0 Å². The molecule has 0 unspecified atom stereocenters. The smallest absolute Gasteiger partial charge is 0.263 e. The summed E-state index contributed by atoms with van der Waals surface area (Å²) >= 11 is 1.54. The maximum Gasteiger partial charge on any atom is 0.263 e. The molecule has 0 bridgehead atoms. The molecule has 0 aliphatic carbocycles. The number of amides is 1. The Morgan fingerprint density at radius 1 is 1.32 bits per heavy atom. The van der Waals surface area contributed by atoms with Crippen LogP contribution in [0.25, 0.3) is 10.7 Å². The van der Waals surface area contributed by atoms with E-state index in [1.165, 1.54) is 16.2 Å². The highest BCUT2D eigenvalue weighted by atomic mass is 32.1. The highest BCUT2D eigenvalue weighted by Gasteiger charge is 2.22. The summed E-state index contributed by atoms with van der Waals surface area (Å²) in [6.07, 6.45) is -0.606. The van der Waals surface area contributed by atoms with Crippen LogP contribution in [-0.2, 0) is 11.3 Å². The van der Waals surface area contributed by atoms with Gasteiger partial charge in [-0.2, -0.15) is 4.98 Å². The largest absolute Gasteiger partial charge is 0.481 e. The second-order valence-corrected chi connectivity index (χ2v) is 6.66. The molecule has 6 nitrogen and oxygen atoms in total. The van der Waals surface area contributed by atoms with Crippen LogP contribution < -0.4 is 4.74 Å². The Morgan fingerprint density at radius 3 is 2.84 bits per heavy atom. The van der Waals surface area contributed by atoms with E-state index in [1.807, 2.05) is 48.7 Å². The number of aromatic nitrogens is 2. The summed E-state index contributed by atoms with van der Waals surface area (Å²) < 4.78 is 11.0. The summed E-state index contributed by atoms with van der Waals surface area (Å²) in [6.45, 7) is 3.91. The second-order valence-electron chi connectivity index (χ2n) is 5.71. The minimum absolute atomic E-state index is 0.154. The SMILES string of the molecule is Cc1ccccc1O[C@@H](C)C(=O)N(C)Cc1nc(-c2cccs2)no1. The molecule has 0 aliphatic heterocycles. The Labute approximate surface area is 150 Å². The molecule has 1 amide bonds. The quantitative estimate of drug-likeness (QED) is 0.675. The van der Waals surface area contributed by atoms with Crippen molar-refractivity contribution >= 4 is 17.2 Å². The number of rotatable bonds is 6. The van der Waals surface area contributed by atoms with E-state index in [1.54, 1.807) is 14.0 Å². The van der Waals surface area contributed by atoms with Crippen LogP contribution in [0.1, 0.15) is 18.4 Å². The number of benzene rings is 1. The fourth-order valence-corrected chi connectivity index (χ4v) is 2.99. The van der Waals surface area contributed by atoms with E-state index in [2.05, 4.69) is 10.1 Å². The van der Waals surface area contributed by atoms with Crippen LogP contribution in [0.2, 0.25) is 0 Å². The zero-order valence-corrected chi connectivity index (χ0v) is 15.1. The lowest BCUT2D eigenvalue weighted by atomic mass is 10.2. The second kappa shape index (κ2) is 7.48. The third-order valence-corrected chi connectivity index (χ3v) is 4.57. The number of para-hydroxylation sites is 1. The number of thiophene rings is 1. The molecule has 0 radical (unpaired) electrons. The maximum atomic E-state index is 12.5. The van der Waals surface area contributed by atoms with Crippen molar-refractivity contribution < 1.29 is 14.1 Å². The Kier molecular flexibility index (Phi) is 5.14. The van der Waals surface area contributed by atoms with Crippen molar-refractivity contribution in [2.75, 3.05) is 7.05 Å². The average Bonchev–Trinajstić information content (AvgIpc) is 3.27. The van der Waals surface area contributed by atoms with Gasteiger partial charge in [-0.15, -0.1) is 11.3 Å². The van der Waals surface area contributed by atoms with Gasteiger partial charge in [-0.1, -0.05) is 29.4 Å². The van der Waals surface area contributed by atoms with E-state index >= 15 is 0 Å². The molecule has 2 aromatic heterocycles. The number of likely N-dealkylation sites (N-methyl/N-ethyl adjacent to an activating group) is 1. The molecule has 0 spiro atoms. The van der Waals surface area contributed by atoms with Crippen LogP contribution in [-0.4, -0.2) is 34.1 Å². The maximum absolute atomic E-state index is 12.5. The van der Waals surface area contributed by atoms with Gasteiger partial charge in [-0.3, -0.25) is 4.79 Å². The Morgan fingerprint density at radius 2 is 2.12 bits per heavy atom. The van der Waals surface area contributed by atoms with Crippen molar-refractivity contribution in [1.82, 2.24) is 15.0 Å². The molecule has 3 aromatic rings. The molecule has 1 aromatic carbocycles. The number of hydrogen-bond donors (Lipinski definition) is 0. The average molecular weight is 357 g/mol. The summed E-state index contributed by atoms with van der Waals surface area (Å²) in [5.41, 5.74) is 0.988. The number of ether oxygens (including phenoxy) is 1. The number of aryl methyl sites for hydroxylation is 1. The van der Waals surface area contributed by atoms with Gasteiger partial charge in [-0.05, 0) is 36.9 Å². The van der Waals surface area contributed by atoms with Crippen LogP contribution in [0.5, 0.6) is 5.75 Å². The van der Waals surface area contributed by atoms with Gasteiger partial charge in [0.15, 0.2) is 6.10 Å². The van der Waals surface area contributed by atoms with Gasteiger partial charge in [0.05, 0.1) is 11.4 Å². The number of carbonyl (C=O) groups excluding carboxylic acids is 1. The summed E-state index contributed by atoms with van der Waals surface area (Å²) in [7, 11) is 1.69. The van der Waals surface area contributed by atoms with E-state index in [9.17, 15) is 4.79 Å². The van der Waals surface area contributed by atoms with Crippen molar-refractivity contribution in [2.45, 2.75) is 26.5 Å². The number of nitrogens with zero attached hydrogens (tertiary/aromatic N) is 3. The van der Waals surface area contributed by atoms with E-state index in [-0.39, 0.29) is 12.5 Å². The topological polar surface area (TPSA) is 68.5 Å². The molecular formula is C18H19N3O3S. The Balaban J connectivity index is 1.61. The molecule has 0 aliphatic rings. The predicted molar refractivity (Wildman–Crippen MR) is 95.4 cm³/mol. The summed E-state index contributed by atoms with van der Waals surface area (Å²) in [4.78, 5) is 19.3. The minimum atomic E-state index is -0.606. The van der Waals surface area contributed by atoms with Crippen molar-refractivity contribution in [3.05, 3.63) is 53.2 Å². The normalized spacial score (nSPS) is 12.0. The molecule has 0 saturated heterocycles. The molecule has 7 heteroatoms. The van der Waals surface area contributed by atoms with Gasteiger partial charge < -0.3 is 14.2 Å². The molecule has 3 rings (SSSR count). The summed E-state index contributed by atoms with van der Waals surface area (Å²) in [5, 5.41) is 5.90. The van der Waals surface area contributed by atoms with E-state index in [4.69, 9.17) is 9.26 Å². The van der Waals surface area contributed by atoms with Gasteiger partial charge in [0.1, 0.15) is 5.75 Å². The molecule has 0 saturated carbocycles. The van der Waals surface area contributed by atoms with Crippen LogP contribution in [0.15, 0.2) is 46.3 Å². The van der Waals surface area contributed by atoms with Gasteiger partial charge in [-0.25, -0.2) is 0 Å². The monoisotopic (exact) mass is 357 g/mol. The van der Waals surface area contributed by atoms with Crippen molar-refractivity contribution in [3.63, 3.8) is 0 Å². The zero-order chi connectivity index (χ0) is 17.8. The van der Waals surface area contributed by atoms with Crippen LogP contribution in [0, 0.1) is 6.92 Å². The molecule has 0 N–H and O–H groups in total. The van der Waals surface area contributed by atoms with Gasteiger partial charge in [0.25, 0.3) is 5.91 Å². The molecule has 0 fully saturated rings. The van der Waals surface area contributed by atoms with Gasteiger partial charge in [0.2, 0.25) is 11.7 Å². The van der Waals surface area contributed by atoms with Crippen LogP contribution >= 0.6 is 11.3 Å². The van der Waals surface area contributed by atoms with Gasteiger partial charge in [0, 0.05) is 7.05 Å². The molecule has 2 heterocycles. The van der Waals surface area contributed by atoms with E-state index < -0.39 is 6.10 Å². The fraction of sp³-hybridized carbons (Fsp3) is 0.278. The lowest BCUT2D eigenvalue weighted by Gasteiger charge is -2.21. The Bertz CT molecular complexity index is 845. The van der Waals surface area contributed by atoms with Crippen LogP contribution in [0.4, 0.5) is 0 Å². The third-order valence-electron chi connectivity index (χ3n) is 3.70. The van der Waals surface area contributed by atoms with Crippen molar-refractivity contribution in [2.24, 2.45) is 0 Å². The lowest BCUT2D eigenvalue weighted by molar-refractivity contribution is -0.137. The molecule has 25 heavy (non-hydrogen) atoms. The molecular weight excluding hydrogens is 338 g/mol. The Hall–Kier alpha value is -2.67. The fourth-order valence-electron chi connectivity index (χ4n) is 2.35. The first-order valence-electron chi connectivity index (χ1n) is 7.88. The first kappa shape index (κ1) is 17.2. The highest BCUT2D eigenvalue weighted by molar-refractivity contribution is 7.13. The number of hydrogen-bond acceptors (Lipinski definition) is 6. The molecule has 130 valence electrons. The first-order chi connectivity index (χ1) is 12.0. The first-order valence-corrected chi connectivity index (χ1v) is 8.76. The predicted octanol–water partition coefficient (Wildman–Crippen LogP) is 3.53. The van der Waals surface area contributed by atoms with Crippen molar-refractivity contribution in [3.8, 4) is 16.5 Å². The van der Waals surface area contributed by atoms with Gasteiger partial charge >= 0.3 is 0 Å². The zero-order valence-electron chi connectivity index (χ0n) is 14.3. The minimum Gasteiger partial charge on any atom is -0.481 e. The van der Waals surface area contributed by atoms with E-state index in [0.29, 0.717) is 17.5 Å². The number of carbonyl (C=O) groups is 1. The summed E-state index contributed by atoms with van der Waals surface area (Å²) in [6, 6.07) is 11.5. The van der Waals surface area contributed by atoms with Crippen molar-refractivity contribution in [1.29, 1.82) is 0 Å². The van der Waals surface area contributed by atoms with E-state index in [0.717, 1.165) is 10.4 Å². The molecule has 1 atom stereocenters. The summed E-state index contributed by atoms with van der Waals surface area (Å²) in [5.74, 6) is 1.48. The standard InChI is InChI=1S/C18H19N3O3S/c1-12-7-4-5-8-14(12)23-13(2)18(22)21(3)11-16-19-17(20-24-16)15-9-6-10-25-15/h4-10,13H,11H2,1-3H3/t13-/m0/s1. The lowest BCUT2D eigenvalue weighted by Crippen LogP contribution is -2.37.